The van der Waals surface area contributed by atoms with Crippen LogP contribution in [0.1, 0.15) is 5.69 Å². The summed E-state index contributed by atoms with van der Waals surface area (Å²) in [6.45, 7) is -0.843. The van der Waals surface area contributed by atoms with Crippen molar-refractivity contribution in [2.45, 2.75) is 11.8 Å². The van der Waals surface area contributed by atoms with Crippen LogP contribution in [0.4, 0.5) is 10.1 Å². The number of hydrogen-bond acceptors (Lipinski definition) is 6. The second-order valence-electron chi connectivity index (χ2n) is 4.73. The highest BCUT2D eigenvalue weighted by atomic mass is 79.9. The van der Waals surface area contributed by atoms with Crippen LogP contribution in [0.5, 0.6) is 5.88 Å². The van der Waals surface area contributed by atoms with Gasteiger partial charge in [0.1, 0.15) is 6.67 Å². The molecule has 0 amide bonds. The first kappa shape index (κ1) is 18.0. The van der Waals surface area contributed by atoms with Gasteiger partial charge in [-0.05, 0) is 44.0 Å². The van der Waals surface area contributed by atoms with E-state index in [2.05, 4.69) is 51.6 Å². The molecule has 3 aromatic rings. The fourth-order valence-electron chi connectivity index (χ4n) is 1.97. The summed E-state index contributed by atoms with van der Waals surface area (Å²) < 4.78 is 47.7. The van der Waals surface area contributed by atoms with Gasteiger partial charge in [-0.15, -0.1) is 5.10 Å². The predicted molar refractivity (Wildman–Crippen MR) is 94.8 cm³/mol. The average molecular weight is 495 g/mol. The fraction of sp³-hybridized carbons (Fsp3) is 0.154. The number of para-hydroxylation sites is 1. The number of sulfonamides is 1. The third-order valence-corrected chi connectivity index (χ3v) is 5.55. The first-order valence-electron chi connectivity index (χ1n) is 6.69. The van der Waals surface area contributed by atoms with E-state index in [4.69, 9.17) is 4.74 Å². The zero-order chi connectivity index (χ0) is 18.2. The molecule has 1 N–H and O–H groups in total. The summed E-state index contributed by atoms with van der Waals surface area (Å²) in [6, 6.07) is 6.41. The molecule has 3 rings (SSSR count). The highest BCUT2D eigenvalue weighted by molar-refractivity contribution is 9.11. The maximum atomic E-state index is 12.9. The molecule has 0 aliphatic heterocycles. The lowest BCUT2D eigenvalue weighted by Crippen LogP contribution is -2.15. The van der Waals surface area contributed by atoms with Gasteiger partial charge in [0.25, 0.3) is 21.0 Å². The molecule has 0 aliphatic rings. The fourth-order valence-corrected chi connectivity index (χ4v) is 4.40. The second-order valence-corrected chi connectivity index (χ2v) is 8.02. The van der Waals surface area contributed by atoms with E-state index >= 15 is 0 Å². The monoisotopic (exact) mass is 493 g/mol. The van der Waals surface area contributed by atoms with Crippen molar-refractivity contribution >= 4 is 53.3 Å². The molecular weight excluding hydrogens is 485 g/mol. The van der Waals surface area contributed by atoms with Gasteiger partial charge in [-0.1, -0.05) is 6.07 Å². The minimum Gasteiger partial charge on any atom is -0.481 e. The number of fused-ring (bicyclic) bond motifs is 1. The molecule has 0 aliphatic carbocycles. The molecule has 0 bridgehead atoms. The lowest BCUT2D eigenvalue weighted by Gasteiger charge is -2.09. The standard InChI is InChI=1S/C13H10Br2FN5O3S/c1-24-10-5-7(6-16)17-12-18-13(19-21(10)12)25(22,23)20-11-8(14)3-2-4-9(11)15/h2-5,20H,6H2,1H3. The van der Waals surface area contributed by atoms with Crippen LogP contribution < -0.4 is 9.46 Å². The number of methoxy groups -OCH3 is 1. The molecule has 8 nitrogen and oxygen atoms in total. The maximum Gasteiger partial charge on any atom is 0.299 e. The Morgan fingerprint density at radius 3 is 2.56 bits per heavy atom. The molecule has 0 saturated heterocycles. The number of ether oxygens (including phenoxy) is 1. The number of halogens is 3. The number of benzene rings is 1. The Morgan fingerprint density at radius 1 is 1.28 bits per heavy atom. The van der Waals surface area contributed by atoms with Crippen molar-refractivity contribution < 1.29 is 17.5 Å². The highest BCUT2D eigenvalue weighted by Gasteiger charge is 2.24. The third kappa shape index (κ3) is 3.46. The normalized spacial score (nSPS) is 11.7. The number of aromatic nitrogens is 4. The maximum absolute atomic E-state index is 12.9. The van der Waals surface area contributed by atoms with Crippen molar-refractivity contribution in [2.24, 2.45) is 0 Å². The largest absolute Gasteiger partial charge is 0.481 e. The van der Waals surface area contributed by atoms with Crippen molar-refractivity contribution in [3.05, 3.63) is 38.9 Å². The van der Waals surface area contributed by atoms with Gasteiger partial charge < -0.3 is 4.74 Å². The number of anilines is 1. The third-order valence-electron chi connectivity index (χ3n) is 3.10. The smallest absolute Gasteiger partial charge is 0.299 e. The van der Waals surface area contributed by atoms with Gasteiger partial charge in [0.15, 0.2) is 0 Å². The summed E-state index contributed by atoms with van der Waals surface area (Å²) in [4.78, 5) is 7.77. The van der Waals surface area contributed by atoms with Crippen LogP contribution in [0.15, 0.2) is 38.4 Å². The Bertz CT molecular complexity index is 1040. The van der Waals surface area contributed by atoms with Crippen LogP contribution in [-0.2, 0) is 16.7 Å². The molecular formula is C13H10Br2FN5O3S. The van der Waals surface area contributed by atoms with E-state index in [1.165, 1.54) is 13.2 Å². The summed E-state index contributed by atoms with van der Waals surface area (Å²) in [5.41, 5.74) is 0.355. The van der Waals surface area contributed by atoms with Crippen LogP contribution in [0.25, 0.3) is 5.78 Å². The minimum atomic E-state index is -4.11. The molecule has 12 heteroatoms. The lowest BCUT2D eigenvalue weighted by atomic mass is 10.3. The van der Waals surface area contributed by atoms with Crippen molar-refractivity contribution in [1.29, 1.82) is 0 Å². The Morgan fingerprint density at radius 2 is 1.96 bits per heavy atom. The summed E-state index contributed by atoms with van der Waals surface area (Å²) in [5.74, 6) is 0.0345. The van der Waals surface area contributed by atoms with Gasteiger partial charge in [-0.2, -0.15) is 17.9 Å². The molecule has 132 valence electrons. The summed E-state index contributed by atoms with van der Waals surface area (Å²) in [6.07, 6.45) is 0. The Balaban J connectivity index is 2.09. The predicted octanol–water partition coefficient (Wildman–Crippen LogP) is 2.93. The number of nitrogens with zero attached hydrogens (tertiary/aromatic N) is 4. The van der Waals surface area contributed by atoms with Crippen molar-refractivity contribution in [1.82, 2.24) is 19.6 Å². The van der Waals surface area contributed by atoms with Crippen molar-refractivity contribution in [3.63, 3.8) is 0 Å². The van der Waals surface area contributed by atoms with E-state index in [0.29, 0.717) is 14.6 Å². The molecule has 25 heavy (non-hydrogen) atoms. The van der Waals surface area contributed by atoms with Crippen molar-refractivity contribution in [2.75, 3.05) is 11.8 Å². The molecule has 2 heterocycles. The molecule has 0 atom stereocenters. The molecule has 1 aromatic carbocycles. The SMILES string of the molecule is COc1cc(CF)nc2nc(S(=O)(=O)Nc3c(Br)cccc3Br)nn12. The van der Waals surface area contributed by atoms with Crippen LogP contribution in [0.2, 0.25) is 0 Å². The molecule has 0 radical (unpaired) electrons. The van der Waals surface area contributed by atoms with Gasteiger partial charge >= 0.3 is 0 Å². The molecule has 0 saturated carbocycles. The van der Waals surface area contributed by atoms with Crippen LogP contribution >= 0.6 is 31.9 Å². The van der Waals surface area contributed by atoms with E-state index in [1.54, 1.807) is 18.2 Å². The summed E-state index contributed by atoms with van der Waals surface area (Å²) in [7, 11) is -2.76. The Kier molecular flexibility index (Phi) is 4.93. The highest BCUT2D eigenvalue weighted by Crippen LogP contribution is 2.32. The molecule has 0 fully saturated rings. The zero-order valence-corrected chi connectivity index (χ0v) is 16.6. The molecule has 0 spiro atoms. The summed E-state index contributed by atoms with van der Waals surface area (Å²) in [5, 5.41) is 3.38. The van der Waals surface area contributed by atoms with E-state index in [-0.39, 0.29) is 17.4 Å². The Labute approximate surface area is 158 Å². The van der Waals surface area contributed by atoms with E-state index in [9.17, 15) is 12.8 Å². The van der Waals surface area contributed by atoms with E-state index in [0.717, 1.165) is 4.52 Å². The first-order chi connectivity index (χ1) is 11.9. The number of nitrogens with one attached hydrogen (secondary N) is 1. The molecule has 2 aromatic heterocycles. The number of rotatable bonds is 5. The van der Waals surface area contributed by atoms with Gasteiger partial charge in [0.2, 0.25) is 5.88 Å². The topological polar surface area (TPSA) is 98.5 Å². The van der Waals surface area contributed by atoms with Gasteiger partial charge in [-0.3, -0.25) is 4.72 Å². The van der Waals surface area contributed by atoms with Crippen LogP contribution in [0, 0.1) is 0 Å². The van der Waals surface area contributed by atoms with Crippen molar-refractivity contribution in [3.8, 4) is 5.88 Å². The van der Waals surface area contributed by atoms with Gasteiger partial charge in [0.05, 0.1) is 18.5 Å². The number of hydrogen-bond donors (Lipinski definition) is 1. The molecule has 0 unspecified atom stereocenters. The zero-order valence-electron chi connectivity index (χ0n) is 12.6. The quantitative estimate of drug-likeness (QED) is 0.585. The van der Waals surface area contributed by atoms with Crippen LogP contribution in [-0.4, -0.2) is 35.1 Å². The van der Waals surface area contributed by atoms with Gasteiger partial charge in [0, 0.05) is 15.0 Å². The number of alkyl halides is 1. The second kappa shape index (κ2) is 6.84. The first-order valence-corrected chi connectivity index (χ1v) is 9.76. The van der Waals surface area contributed by atoms with Gasteiger partial charge in [-0.25, -0.2) is 9.37 Å². The average Bonchev–Trinajstić information content (AvgIpc) is 3.02. The van der Waals surface area contributed by atoms with E-state index in [1.807, 2.05) is 0 Å². The minimum absolute atomic E-state index is 0.0576. The lowest BCUT2D eigenvalue weighted by molar-refractivity contribution is 0.380. The van der Waals surface area contributed by atoms with Crippen LogP contribution in [0.3, 0.4) is 0 Å². The Hall–Kier alpha value is -1.79. The van der Waals surface area contributed by atoms with E-state index < -0.39 is 21.9 Å². The summed E-state index contributed by atoms with van der Waals surface area (Å²) >= 11 is 6.54.